The largest absolute Gasteiger partial charge is 0.342 e. The standard InChI is InChI=1S/C14H26N2O/c1-11-6-3-4-7-12(11)16(2)13(17)10-14(15)8-5-9-14/h11-12H,3-10,15H2,1-2H3. The second kappa shape index (κ2) is 4.97. The Balaban J connectivity index is 1.89. The molecule has 2 aliphatic carbocycles. The fourth-order valence-corrected chi connectivity index (χ4v) is 3.29. The highest BCUT2D eigenvalue weighted by atomic mass is 16.2. The Morgan fingerprint density at radius 2 is 1.94 bits per heavy atom. The lowest BCUT2D eigenvalue weighted by Gasteiger charge is -2.41. The van der Waals surface area contributed by atoms with Crippen molar-refractivity contribution >= 4 is 5.91 Å². The molecule has 2 aliphatic rings. The molecule has 3 heteroatoms. The molecule has 2 saturated carbocycles. The van der Waals surface area contributed by atoms with Gasteiger partial charge in [0.1, 0.15) is 0 Å². The summed E-state index contributed by atoms with van der Waals surface area (Å²) in [5.41, 5.74) is 5.98. The Kier molecular flexibility index (Phi) is 3.76. The molecule has 0 heterocycles. The first kappa shape index (κ1) is 12.9. The number of rotatable bonds is 3. The summed E-state index contributed by atoms with van der Waals surface area (Å²) >= 11 is 0. The molecule has 0 aromatic carbocycles. The molecular formula is C14H26N2O. The van der Waals surface area contributed by atoms with E-state index in [9.17, 15) is 4.79 Å². The number of nitrogens with two attached hydrogens (primary N) is 1. The Labute approximate surface area is 105 Å². The van der Waals surface area contributed by atoms with Crippen LogP contribution in [-0.4, -0.2) is 29.4 Å². The van der Waals surface area contributed by atoms with E-state index in [1.807, 2.05) is 11.9 Å². The van der Waals surface area contributed by atoms with E-state index in [0.29, 0.717) is 18.4 Å². The fraction of sp³-hybridized carbons (Fsp3) is 0.929. The van der Waals surface area contributed by atoms with Gasteiger partial charge in [0.2, 0.25) is 5.91 Å². The molecule has 17 heavy (non-hydrogen) atoms. The van der Waals surface area contributed by atoms with E-state index in [4.69, 9.17) is 5.73 Å². The van der Waals surface area contributed by atoms with Crippen molar-refractivity contribution < 1.29 is 4.79 Å². The van der Waals surface area contributed by atoms with Crippen molar-refractivity contribution in [3.63, 3.8) is 0 Å². The minimum Gasteiger partial charge on any atom is -0.342 e. The van der Waals surface area contributed by atoms with Gasteiger partial charge in [0.05, 0.1) is 0 Å². The van der Waals surface area contributed by atoms with Crippen molar-refractivity contribution in [1.82, 2.24) is 4.90 Å². The predicted octanol–water partition coefficient (Wildman–Crippen LogP) is 2.29. The number of hydrogen-bond acceptors (Lipinski definition) is 2. The van der Waals surface area contributed by atoms with Crippen LogP contribution in [0.2, 0.25) is 0 Å². The highest BCUT2D eigenvalue weighted by molar-refractivity contribution is 5.77. The molecule has 0 spiro atoms. The highest BCUT2D eigenvalue weighted by Crippen LogP contribution is 2.34. The van der Waals surface area contributed by atoms with Crippen LogP contribution >= 0.6 is 0 Å². The lowest BCUT2D eigenvalue weighted by Crippen LogP contribution is -2.52. The van der Waals surface area contributed by atoms with Gasteiger partial charge in [0.15, 0.2) is 0 Å². The molecule has 2 N–H and O–H groups in total. The van der Waals surface area contributed by atoms with Crippen molar-refractivity contribution in [3.8, 4) is 0 Å². The van der Waals surface area contributed by atoms with Crippen molar-refractivity contribution in [2.24, 2.45) is 11.7 Å². The minimum absolute atomic E-state index is 0.177. The maximum absolute atomic E-state index is 12.2. The molecule has 0 radical (unpaired) electrons. The third-order valence-electron chi connectivity index (χ3n) is 4.81. The molecule has 98 valence electrons. The third-order valence-corrected chi connectivity index (χ3v) is 4.81. The number of carbonyl (C=O) groups excluding carboxylic acids is 1. The van der Waals surface area contributed by atoms with Crippen molar-refractivity contribution in [2.45, 2.75) is 69.9 Å². The monoisotopic (exact) mass is 238 g/mol. The average Bonchev–Trinajstić information content (AvgIpc) is 2.26. The van der Waals surface area contributed by atoms with Crippen LogP contribution in [0.25, 0.3) is 0 Å². The van der Waals surface area contributed by atoms with E-state index < -0.39 is 0 Å². The Bertz CT molecular complexity index is 286. The zero-order chi connectivity index (χ0) is 12.5. The van der Waals surface area contributed by atoms with Crippen LogP contribution < -0.4 is 5.73 Å². The summed E-state index contributed by atoms with van der Waals surface area (Å²) in [6.45, 7) is 2.27. The van der Waals surface area contributed by atoms with Crippen LogP contribution in [-0.2, 0) is 4.79 Å². The van der Waals surface area contributed by atoms with Crippen molar-refractivity contribution in [2.75, 3.05) is 7.05 Å². The van der Waals surface area contributed by atoms with Gasteiger partial charge in [-0.3, -0.25) is 4.79 Å². The van der Waals surface area contributed by atoms with Crippen LogP contribution in [0, 0.1) is 5.92 Å². The van der Waals surface area contributed by atoms with Gasteiger partial charge in [-0.1, -0.05) is 19.8 Å². The van der Waals surface area contributed by atoms with E-state index in [-0.39, 0.29) is 11.4 Å². The van der Waals surface area contributed by atoms with Gasteiger partial charge in [-0.2, -0.15) is 0 Å². The number of nitrogens with zero attached hydrogens (tertiary/aromatic N) is 1. The van der Waals surface area contributed by atoms with Gasteiger partial charge in [-0.05, 0) is 38.0 Å². The van der Waals surface area contributed by atoms with Crippen molar-refractivity contribution in [1.29, 1.82) is 0 Å². The molecule has 0 saturated heterocycles. The van der Waals surface area contributed by atoms with E-state index >= 15 is 0 Å². The molecule has 2 atom stereocenters. The van der Waals surface area contributed by atoms with Gasteiger partial charge in [-0.25, -0.2) is 0 Å². The summed E-state index contributed by atoms with van der Waals surface area (Å²) < 4.78 is 0. The summed E-state index contributed by atoms with van der Waals surface area (Å²) in [5.74, 6) is 0.902. The maximum Gasteiger partial charge on any atom is 0.224 e. The maximum atomic E-state index is 12.2. The van der Waals surface area contributed by atoms with E-state index in [1.54, 1.807) is 0 Å². The van der Waals surface area contributed by atoms with Gasteiger partial charge in [0, 0.05) is 25.0 Å². The fourth-order valence-electron chi connectivity index (χ4n) is 3.29. The van der Waals surface area contributed by atoms with E-state index in [2.05, 4.69) is 6.92 Å². The second-order valence-corrected chi connectivity index (χ2v) is 6.23. The Morgan fingerprint density at radius 1 is 1.29 bits per heavy atom. The number of carbonyl (C=O) groups is 1. The van der Waals surface area contributed by atoms with Crippen LogP contribution in [0.1, 0.15) is 58.3 Å². The Morgan fingerprint density at radius 3 is 2.47 bits per heavy atom. The third kappa shape index (κ3) is 2.82. The zero-order valence-electron chi connectivity index (χ0n) is 11.2. The van der Waals surface area contributed by atoms with Crippen molar-refractivity contribution in [3.05, 3.63) is 0 Å². The lowest BCUT2D eigenvalue weighted by atomic mass is 9.75. The summed E-state index contributed by atoms with van der Waals surface area (Å²) in [5, 5.41) is 0. The van der Waals surface area contributed by atoms with E-state index in [0.717, 1.165) is 12.8 Å². The van der Waals surface area contributed by atoms with Gasteiger partial charge in [0.25, 0.3) is 0 Å². The molecule has 0 aromatic rings. The van der Waals surface area contributed by atoms with E-state index in [1.165, 1.54) is 32.1 Å². The zero-order valence-corrected chi connectivity index (χ0v) is 11.2. The molecule has 0 bridgehead atoms. The van der Waals surface area contributed by atoms with Crippen LogP contribution in [0.3, 0.4) is 0 Å². The summed E-state index contributed by atoms with van der Waals surface area (Å²) in [6.07, 6.45) is 8.79. The Hall–Kier alpha value is -0.570. The molecule has 2 unspecified atom stereocenters. The molecule has 0 aromatic heterocycles. The summed E-state index contributed by atoms with van der Waals surface area (Å²) in [7, 11) is 1.97. The SMILES string of the molecule is CC1CCCCC1N(C)C(=O)CC1(N)CCC1. The molecule has 2 fully saturated rings. The number of hydrogen-bond donors (Lipinski definition) is 1. The molecular weight excluding hydrogens is 212 g/mol. The first-order valence-corrected chi connectivity index (χ1v) is 7.06. The van der Waals surface area contributed by atoms with Crippen LogP contribution in [0.15, 0.2) is 0 Å². The summed E-state index contributed by atoms with van der Waals surface area (Å²) in [6, 6.07) is 0.444. The average molecular weight is 238 g/mol. The molecule has 0 aliphatic heterocycles. The number of amides is 1. The van der Waals surface area contributed by atoms with Crippen LogP contribution in [0.4, 0.5) is 0 Å². The predicted molar refractivity (Wildman–Crippen MR) is 69.6 cm³/mol. The minimum atomic E-state index is -0.177. The molecule has 2 rings (SSSR count). The first-order valence-electron chi connectivity index (χ1n) is 7.06. The smallest absolute Gasteiger partial charge is 0.224 e. The van der Waals surface area contributed by atoms with Gasteiger partial charge in [-0.15, -0.1) is 0 Å². The van der Waals surface area contributed by atoms with Crippen LogP contribution in [0.5, 0.6) is 0 Å². The lowest BCUT2D eigenvalue weighted by molar-refractivity contribution is -0.135. The highest BCUT2D eigenvalue weighted by Gasteiger charge is 2.37. The molecule has 3 nitrogen and oxygen atoms in total. The quantitative estimate of drug-likeness (QED) is 0.820. The van der Waals surface area contributed by atoms with Gasteiger partial charge < -0.3 is 10.6 Å². The summed E-state index contributed by atoms with van der Waals surface area (Å²) in [4.78, 5) is 14.2. The first-order chi connectivity index (χ1) is 8.02. The topological polar surface area (TPSA) is 46.3 Å². The second-order valence-electron chi connectivity index (χ2n) is 6.23. The normalized spacial score (nSPS) is 31.7. The molecule has 1 amide bonds. The van der Waals surface area contributed by atoms with Gasteiger partial charge >= 0.3 is 0 Å².